The van der Waals surface area contributed by atoms with Crippen molar-refractivity contribution in [3.63, 3.8) is 0 Å². The van der Waals surface area contributed by atoms with Crippen LogP contribution in [-0.2, 0) is 0 Å². The van der Waals surface area contributed by atoms with Crippen molar-refractivity contribution in [2.24, 2.45) is 5.73 Å². The Balaban J connectivity index is 2.03. The van der Waals surface area contributed by atoms with Crippen LogP contribution in [0.1, 0.15) is 6.42 Å². The molecule has 17 heavy (non-hydrogen) atoms. The molecule has 4 nitrogen and oxygen atoms in total. The van der Waals surface area contributed by atoms with E-state index < -0.39 is 0 Å². The second-order valence-electron chi connectivity index (χ2n) is 4.08. The number of rotatable bonds is 1. The Kier molecular flexibility index (Phi) is 3.76. The summed E-state index contributed by atoms with van der Waals surface area (Å²) in [7, 11) is 0. The van der Waals surface area contributed by atoms with Crippen LogP contribution in [0.2, 0.25) is 10.0 Å². The molecule has 2 amide bonds. The number of carbonyl (C=O) groups excluding carboxylic acids is 1. The SMILES string of the molecule is N[C@@H]1CCN(C(=O)Nc2cc(Cl)cc(Cl)c2)C1. The normalized spacial score (nSPS) is 19.5. The number of nitrogens with zero attached hydrogens (tertiary/aromatic N) is 1. The molecular weight excluding hydrogens is 261 g/mol. The highest BCUT2D eigenvalue weighted by Gasteiger charge is 2.23. The van der Waals surface area contributed by atoms with Gasteiger partial charge in [-0.3, -0.25) is 0 Å². The van der Waals surface area contributed by atoms with E-state index in [0.717, 1.165) is 6.42 Å². The number of nitrogens with one attached hydrogen (secondary N) is 1. The predicted octanol–water partition coefficient (Wildman–Crippen LogP) is 2.56. The molecule has 1 saturated heterocycles. The fourth-order valence-corrected chi connectivity index (χ4v) is 2.33. The molecule has 1 aromatic rings. The molecule has 1 fully saturated rings. The average Bonchev–Trinajstić information content (AvgIpc) is 2.63. The van der Waals surface area contributed by atoms with E-state index in [9.17, 15) is 4.79 Å². The fourth-order valence-electron chi connectivity index (χ4n) is 1.80. The monoisotopic (exact) mass is 273 g/mol. The summed E-state index contributed by atoms with van der Waals surface area (Å²) in [5, 5.41) is 3.73. The highest BCUT2D eigenvalue weighted by molar-refractivity contribution is 6.35. The number of anilines is 1. The number of amides is 2. The summed E-state index contributed by atoms with van der Waals surface area (Å²) in [6.45, 7) is 1.27. The zero-order valence-corrected chi connectivity index (χ0v) is 10.6. The Hall–Kier alpha value is -0.970. The van der Waals surface area contributed by atoms with Crippen LogP contribution in [0.5, 0.6) is 0 Å². The third kappa shape index (κ3) is 3.25. The van der Waals surface area contributed by atoms with Gasteiger partial charge in [-0.2, -0.15) is 0 Å². The standard InChI is InChI=1S/C11H13Cl2N3O/c12-7-3-8(13)5-10(4-7)15-11(17)16-2-1-9(14)6-16/h3-5,9H,1-2,6,14H2,(H,15,17)/t9-/m1/s1. The van der Waals surface area contributed by atoms with Crippen molar-refractivity contribution in [2.45, 2.75) is 12.5 Å². The minimum absolute atomic E-state index is 0.0729. The summed E-state index contributed by atoms with van der Waals surface area (Å²) >= 11 is 11.7. The first-order valence-electron chi connectivity index (χ1n) is 5.32. The molecule has 1 atom stereocenters. The van der Waals surface area contributed by atoms with Gasteiger partial charge in [-0.05, 0) is 24.6 Å². The van der Waals surface area contributed by atoms with E-state index >= 15 is 0 Å². The maximum absolute atomic E-state index is 11.9. The molecule has 1 aliphatic rings. The molecule has 0 saturated carbocycles. The summed E-state index contributed by atoms with van der Waals surface area (Å²) < 4.78 is 0. The Morgan fingerprint density at radius 1 is 1.35 bits per heavy atom. The van der Waals surface area contributed by atoms with E-state index in [1.54, 1.807) is 23.1 Å². The maximum atomic E-state index is 11.9. The molecule has 3 N–H and O–H groups in total. The van der Waals surface area contributed by atoms with Gasteiger partial charge >= 0.3 is 6.03 Å². The van der Waals surface area contributed by atoms with Crippen LogP contribution in [-0.4, -0.2) is 30.1 Å². The molecule has 0 aliphatic carbocycles. The van der Waals surface area contributed by atoms with E-state index in [2.05, 4.69) is 5.32 Å². The minimum Gasteiger partial charge on any atom is -0.326 e. The smallest absolute Gasteiger partial charge is 0.321 e. The fraction of sp³-hybridized carbons (Fsp3) is 0.364. The van der Waals surface area contributed by atoms with Gasteiger partial charge in [-0.15, -0.1) is 0 Å². The topological polar surface area (TPSA) is 58.4 Å². The molecule has 0 radical (unpaired) electrons. The molecule has 0 bridgehead atoms. The van der Waals surface area contributed by atoms with Crippen molar-refractivity contribution in [1.82, 2.24) is 4.90 Å². The summed E-state index contributed by atoms with van der Waals surface area (Å²) in [5.74, 6) is 0. The lowest BCUT2D eigenvalue weighted by Crippen LogP contribution is -2.35. The highest BCUT2D eigenvalue weighted by atomic mass is 35.5. The van der Waals surface area contributed by atoms with Crippen LogP contribution in [0.25, 0.3) is 0 Å². The Labute approximate surface area is 110 Å². The molecule has 92 valence electrons. The van der Waals surface area contributed by atoms with Gasteiger partial charge in [0.1, 0.15) is 0 Å². The lowest BCUT2D eigenvalue weighted by atomic mass is 10.3. The van der Waals surface area contributed by atoms with Crippen LogP contribution in [0.3, 0.4) is 0 Å². The summed E-state index contributed by atoms with van der Waals surface area (Å²) in [5.41, 5.74) is 6.33. The van der Waals surface area contributed by atoms with Gasteiger partial charge < -0.3 is 16.0 Å². The summed E-state index contributed by atoms with van der Waals surface area (Å²) in [6.07, 6.45) is 0.837. The van der Waals surface area contributed by atoms with Crippen LogP contribution >= 0.6 is 23.2 Å². The van der Waals surface area contributed by atoms with E-state index in [0.29, 0.717) is 28.8 Å². The second kappa shape index (κ2) is 5.12. The van der Waals surface area contributed by atoms with Gasteiger partial charge in [-0.25, -0.2) is 4.79 Å². The molecule has 0 aromatic heterocycles. The quantitative estimate of drug-likeness (QED) is 0.826. The van der Waals surface area contributed by atoms with Gasteiger partial charge in [0, 0.05) is 34.9 Å². The van der Waals surface area contributed by atoms with Gasteiger partial charge in [0.15, 0.2) is 0 Å². The van der Waals surface area contributed by atoms with Crippen LogP contribution in [0.15, 0.2) is 18.2 Å². The lowest BCUT2D eigenvalue weighted by Gasteiger charge is -2.16. The molecule has 0 unspecified atom stereocenters. The first-order valence-corrected chi connectivity index (χ1v) is 6.08. The number of halogens is 2. The first kappa shape index (κ1) is 12.5. The van der Waals surface area contributed by atoms with Crippen molar-refractivity contribution in [3.8, 4) is 0 Å². The number of benzene rings is 1. The molecule has 1 aliphatic heterocycles. The number of hydrogen-bond acceptors (Lipinski definition) is 2. The minimum atomic E-state index is -0.170. The highest BCUT2D eigenvalue weighted by Crippen LogP contribution is 2.23. The van der Waals surface area contributed by atoms with Gasteiger partial charge in [-0.1, -0.05) is 23.2 Å². The van der Waals surface area contributed by atoms with E-state index in [4.69, 9.17) is 28.9 Å². The van der Waals surface area contributed by atoms with Crippen molar-refractivity contribution in [2.75, 3.05) is 18.4 Å². The number of hydrogen-bond donors (Lipinski definition) is 2. The van der Waals surface area contributed by atoms with Gasteiger partial charge in [0.05, 0.1) is 0 Å². The molecular formula is C11H13Cl2N3O. The van der Waals surface area contributed by atoms with Crippen LogP contribution in [0.4, 0.5) is 10.5 Å². The zero-order valence-electron chi connectivity index (χ0n) is 9.12. The van der Waals surface area contributed by atoms with E-state index in [1.165, 1.54) is 0 Å². The van der Waals surface area contributed by atoms with Gasteiger partial charge in [0.25, 0.3) is 0 Å². The summed E-state index contributed by atoms with van der Waals surface area (Å²) in [6, 6.07) is 4.83. The first-order chi connectivity index (χ1) is 8.04. The van der Waals surface area contributed by atoms with Crippen molar-refractivity contribution in [1.29, 1.82) is 0 Å². The Morgan fingerprint density at radius 3 is 2.53 bits per heavy atom. The number of nitrogens with two attached hydrogens (primary N) is 1. The molecule has 1 aromatic carbocycles. The van der Waals surface area contributed by atoms with Crippen molar-refractivity contribution >= 4 is 34.9 Å². The second-order valence-corrected chi connectivity index (χ2v) is 4.96. The van der Waals surface area contributed by atoms with Crippen LogP contribution < -0.4 is 11.1 Å². The van der Waals surface area contributed by atoms with E-state index in [-0.39, 0.29) is 12.1 Å². The molecule has 2 rings (SSSR count). The summed E-state index contributed by atoms with van der Waals surface area (Å²) in [4.78, 5) is 13.5. The third-order valence-corrected chi connectivity index (χ3v) is 3.06. The zero-order chi connectivity index (χ0) is 12.4. The number of likely N-dealkylation sites (tertiary alicyclic amines) is 1. The third-order valence-electron chi connectivity index (χ3n) is 2.63. The predicted molar refractivity (Wildman–Crippen MR) is 69.6 cm³/mol. The molecule has 1 heterocycles. The molecule has 6 heteroatoms. The van der Waals surface area contributed by atoms with Crippen LogP contribution in [0, 0.1) is 0 Å². The largest absolute Gasteiger partial charge is 0.326 e. The average molecular weight is 274 g/mol. The number of carbonyl (C=O) groups is 1. The van der Waals surface area contributed by atoms with E-state index in [1.807, 2.05) is 0 Å². The number of urea groups is 1. The molecule has 0 spiro atoms. The Bertz CT molecular complexity index is 418. The Morgan fingerprint density at radius 2 is 2.00 bits per heavy atom. The van der Waals surface area contributed by atoms with Crippen molar-refractivity contribution in [3.05, 3.63) is 28.2 Å². The lowest BCUT2D eigenvalue weighted by molar-refractivity contribution is 0.222. The van der Waals surface area contributed by atoms with Gasteiger partial charge in [0.2, 0.25) is 0 Å². The van der Waals surface area contributed by atoms with Crippen molar-refractivity contribution < 1.29 is 4.79 Å². The maximum Gasteiger partial charge on any atom is 0.321 e.